The van der Waals surface area contributed by atoms with Gasteiger partial charge in [-0.25, -0.2) is 9.97 Å². The standard InChI is InChI=1S/C32H28N6O2/c33-20-23-6-8-26(9-7-23)31(39)37-18-16-36(17-19-37)30-28-21-38(15-14-29(28)34-22-35-30)32(40)27-12-10-25(11-13-27)24-4-2-1-3-5-24/h1-13,22H,14-19,21H2. The van der Waals surface area contributed by atoms with Crippen molar-refractivity contribution in [1.82, 2.24) is 19.8 Å². The highest BCUT2D eigenvalue weighted by molar-refractivity contribution is 5.95. The summed E-state index contributed by atoms with van der Waals surface area (Å²) in [5.41, 5.74) is 5.93. The van der Waals surface area contributed by atoms with Crippen LogP contribution in [0.15, 0.2) is 85.2 Å². The fourth-order valence-corrected chi connectivity index (χ4v) is 5.38. The van der Waals surface area contributed by atoms with Crippen LogP contribution in [0.3, 0.4) is 0 Å². The van der Waals surface area contributed by atoms with Crippen LogP contribution in [0.4, 0.5) is 5.82 Å². The van der Waals surface area contributed by atoms with Gasteiger partial charge >= 0.3 is 0 Å². The first-order valence-electron chi connectivity index (χ1n) is 13.4. The van der Waals surface area contributed by atoms with E-state index in [-0.39, 0.29) is 11.8 Å². The van der Waals surface area contributed by atoms with Crippen LogP contribution in [0, 0.1) is 11.3 Å². The molecule has 2 amide bonds. The van der Waals surface area contributed by atoms with Crippen molar-refractivity contribution in [3.63, 3.8) is 0 Å². The molecule has 8 nitrogen and oxygen atoms in total. The summed E-state index contributed by atoms with van der Waals surface area (Å²) < 4.78 is 0. The molecule has 1 saturated heterocycles. The number of nitriles is 1. The summed E-state index contributed by atoms with van der Waals surface area (Å²) in [5, 5.41) is 9.01. The minimum Gasteiger partial charge on any atom is -0.353 e. The van der Waals surface area contributed by atoms with Crippen LogP contribution in [0.2, 0.25) is 0 Å². The Kier molecular flexibility index (Phi) is 6.94. The molecule has 0 N–H and O–H groups in total. The van der Waals surface area contributed by atoms with E-state index in [0.717, 1.165) is 28.2 Å². The van der Waals surface area contributed by atoms with Gasteiger partial charge in [0, 0.05) is 55.8 Å². The summed E-state index contributed by atoms with van der Waals surface area (Å²) >= 11 is 0. The van der Waals surface area contributed by atoms with E-state index >= 15 is 0 Å². The van der Waals surface area contributed by atoms with Gasteiger partial charge in [0.2, 0.25) is 0 Å². The van der Waals surface area contributed by atoms with Crippen LogP contribution in [-0.4, -0.2) is 64.3 Å². The van der Waals surface area contributed by atoms with E-state index in [1.165, 1.54) is 0 Å². The number of hydrogen-bond donors (Lipinski definition) is 0. The predicted octanol–water partition coefficient (Wildman–Crippen LogP) is 4.18. The van der Waals surface area contributed by atoms with Gasteiger partial charge < -0.3 is 14.7 Å². The molecule has 0 bridgehead atoms. The Morgan fingerprint density at radius 2 is 1.32 bits per heavy atom. The zero-order valence-corrected chi connectivity index (χ0v) is 22.0. The van der Waals surface area contributed by atoms with Crippen LogP contribution in [0.25, 0.3) is 11.1 Å². The number of nitrogens with zero attached hydrogens (tertiary/aromatic N) is 6. The van der Waals surface area contributed by atoms with Crippen molar-refractivity contribution in [1.29, 1.82) is 5.26 Å². The van der Waals surface area contributed by atoms with E-state index in [1.807, 2.05) is 52.3 Å². The van der Waals surface area contributed by atoms with Crippen molar-refractivity contribution in [3.05, 3.63) is 113 Å². The van der Waals surface area contributed by atoms with Gasteiger partial charge in [-0.2, -0.15) is 5.26 Å². The summed E-state index contributed by atoms with van der Waals surface area (Å²) in [6.07, 6.45) is 2.28. The number of anilines is 1. The van der Waals surface area contributed by atoms with Gasteiger partial charge in [-0.1, -0.05) is 42.5 Å². The van der Waals surface area contributed by atoms with Gasteiger partial charge in [0.05, 0.1) is 23.9 Å². The fraction of sp³-hybridized carbons (Fsp3) is 0.219. The molecule has 1 fully saturated rings. The maximum absolute atomic E-state index is 13.4. The van der Waals surface area contributed by atoms with Crippen LogP contribution >= 0.6 is 0 Å². The number of carbonyl (C=O) groups excluding carboxylic acids is 2. The number of rotatable bonds is 4. The molecule has 40 heavy (non-hydrogen) atoms. The first kappa shape index (κ1) is 25.3. The number of carbonyl (C=O) groups is 2. The Balaban J connectivity index is 1.13. The highest BCUT2D eigenvalue weighted by Crippen LogP contribution is 2.28. The molecule has 6 rings (SSSR count). The molecule has 0 spiro atoms. The lowest BCUT2D eigenvalue weighted by atomic mass is 10.0. The van der Waals surface area contributed by atoms with Crippen molar-refractivity contribution >= 4 is 17.6 Å². The zero-order chi connectivity index (χ0) is 27.5. The normalized spacial score (nSPS) is 14.8. The van der Waals surface area contributed by atoms with Crippen LogP contribution < -0.4 is 4.90 Å². The molecule has 4 aromatic rings. The minimum atomic E-state index is -0.0380. The molecular weight excluding hydrogens is 500 g/mol. The summed E-state index contributed by atoms with van der Waals surface area (Å²) in [5.74, 6) is 0.800. The number of fused-ring (bicyclic) bond motifs is 1. The molecule has 8 heteroatoms. The lowest BCUT2D eigenvalue weighted by molar-refractivity contribution is 0.0726. The molecule has 0 atom stereocenters. The second-order valence-electron chi connectivity index (χ2n) is 10.0. The van der Waals surface area contributed by atoms with Crippen molar-refractivity contribution < 1.29 is 9.59 Å². The first-order chi connectivity index (χ1) is 19.6. The molecule has 1 aromatic heterocycles. The molecule has 0 radical (unpaired) electrons. The molecule has 0 unspecified atom stereocenters. The van der Waals surface area contributed by atoms with Gasteiger partial charge in [0.25, 0.3) is 11.8 Å². The highest BCUT2D eigenvalue weighted by atomic mass is 16.2. The largest absolute Gasteiger partial charge is 0.353 e. The average molecular weight is 529 g/mol. The van der Waals surface area contributed by atoms with E-state index in [2.05, 4.69) is 33.1 Å². The smallest absolute Gasteiger partial charge is 0.254 e. The zero-order valence-electron chi connectivity index (χ0n) is 22.0. The van der Waals surface area contributed by atoms with Crippen molar-refractivity contribution in [3.8, 4) is 17.2 Å². The third kappa shape index (κ3) is 5.02. The van der Waals surface area contributed by atoms with Crippen molar-refractivity contribution in [2.45, 2.75) is 13.0 Å². The molecule has 3 aromatic carbocycles. The number of benzene rings is 3. The Labute approximate surface area is 233 Å². The summed E-state index contributed by atoms with van der Waals surface area (Å²) in [7, 11) is 0. The second kappa shape index (κ2) is 11.0. The highest BCUT2D eigenvalue weighted by Gasteiger charge is 2.29. The molecule has 2 aliphatic heterocycles. The van der Waals surface area contributed by atoms with Crippen LogP contribution in [0.1, 0.15) is 37.5 Å². The van der Waals surface area contributed by atoms with Gasteiger partial charge in [0.1, 0.15) is 12.1 Å². The number of piperazine rings is 1. The van der Waals surface area contributed by atoms with E-state index in [0.29, 0.717) is 62.4 Å². The predicted molar refractivity (Wildman–Crippen MR) is 152 cm³/mol. The molecular formula is C32H28N6O2. The van der Waals surface area contributed by atoms with Gasteiger partial charge in [-0.15, -0.1) is 0 Å². The Bertz CT molecular complexity index is 1570. The number of amides is 2. The van der Waals surface area contributed by atoms with E-state index in [4.69, 9.17) is 5.26 Å². The maximum Gasteiger partial charge on any atom is 0.254 e. The van der Waals surface area contributed by atoms with E-state index in [1.54, 1.807) is 30.6 Å². The van der Waals surface area contributed by atoms with Crippen molar-refractivity contribution in [2.24, 2.45) is 0 Å². The van der Waals surface area contributed by atoms with Gasteiger partial charge in [-0.3, -0.25) is 9.59 Å². The third-order valence-electron chi connectivity index (χ3n) is 7.63. The molecule has 3 heterocycles. The Morgan fingerprint density at radius 1 is 0.700 bits per heavy atom. The Morgan fingerprint density at radius 3 is 2.00 bits per heavy atom. The monoisotopic (exact) mass is 528 g/mol. The Hall–Kier alpha value is -5.03. The molecule has 0 aliphatic carbocycles. The van der Waals surface area contributed by atoms with Gasteiger partial charge in [0.15, 0.2) is 0 Å². The lowest BCUT2D eigenvalue weighted by Gasteiger charge is -2.38. The van der Waals surface area contributed by atoms with Crippen molar-refractivity contribution in [2.75, 3.05) is 37.6 Å². The summed E-state index contributed by atoms with van der Waals surface area (Å²) in [6, 6.07) is 26.7. The van der Waals surface area contributed by atoms with Crippen LogP contribution in [-0.2, 0) is 13.0 Å². The average Bonchev–Trinajstić information content (AvgIpc) is 3.04. The van der Waals surface area contributed by atoms with Crippen LogP contribution in [0.5, 0.6) is 0 Å². The summed E-state index contributed by atoms with van der Waals surface area (Å²) in [6.45, 7) is 3.47. The fourth-order valence-electron chi connectivity index (χ4n) is 5.38. The topological polar surface area (TPSA) is 93.4 Å². The van der Waals surface area contributed by atoms with E-state index in [9.17, 15) is 9.59 Å². The molecule has 2 aliphatic rings. The molecule has 0 saturated carbocycles. The van der Waals surface area contributed by atoms with E-state index < -0.39 is 0 Å². The SMILES string of the molecule is N#Cc1ccc(C(=O)N2CCN(c3ncnc4c3CN(C(=O)c3ccc(-c5ccccc5)cc3)CC4)CC2)cc1. The first-order valence-corrected chi connectivity index (χ1v) is 13.4. The lowest BCUT2D eigenvalue weighted by Crippen LogP contribution is -2.49. The molecule has 198 valence electrons. The summed E-state index contributed by atoms with van der Waals surface area (Å²) in [4.78, 5) is 41.5. The quantitative estimate of drug-likeness (QED) is 0.395. The van der Waals surface area contributed by atoms with Gasteiger partial charge in [-0.05, 0) is 47.5 Å². The minimum absolute atomic E-state index is 0.00195. The number of hydrogen-bond acceptors (Lipinski definition) is 6. The third-order valence-corrected chi connectivity index (χ3v) is 7.63. The maximum atomic E-state index is 13.4. The second-order valence-corrected chi connectivity index (χ2v) is 10.0. The number of aromatic nitrogens is 2.